The summed E-state index contributed by atoms with van der Waals surface area (Å²) < 4.78 is 47.7. The zero-order valence-corrected chi connectivity index (χ0v) is 19.6. The van der Waals surface area contributed by atoms with Crippen LogP contribution in [0.15, 0.2) is 53.6 Å². The number of hydrogen-bond donors (Lipinski definition) is 0. The van der Waals surface area contributed by atoms with Crippen LogP contribution in [0.4, 0.5) is 4.39 Å². The van der Waals surface area contributed by atoms with E-state index >= 15 is 0 Å². The molecule has 2 aromatic carbocycles. The molecule has 1 heterocycles. The fourth-order valence-corrected chi connectivity index (χ4v) is 5.20. The lowest BCUT2D eigenvalue weighted by Crippen LogP contribution is -2.31. The topological polar surface area (TPSA) is 109 Å². The van der Waals surface area contributed by atoms with E-state index < -0.39 is 39.1 Å². The van der Waals surface area contributed by atoms with Crippen LogP contribution in [0.25, 0.3) is 10.9 Å². The third-order valence-corrected chi connectivity index (χ3v) is 7.44. The molecule has 178 valence electrons. The summed E-state index contributed by atoms with van der Waals surface area (Å²) in [6.07, 6.45) is 1.88. The summed E-state index contributed by atoms with van der Waals surface area (Å²) in [6.45, 7) is 3.36. The second-order valence-electron chi connectivity index (χ2n) is 7.40. The number of aromatic nitrogens is 1. The quantitative estimate of drug-likeness (QED) is 0.319. The molecule has 0 amide bonds. The van der Waals surface area contributed by atoms with E-state index in [1.807, 2.05) is 12.1 Å². The number of halogens is 1. The van der Waals surface area contributed by atoms with E-state index in [1.165, 1.54) is 0 Å². The number of hydrogen-bond acceptors (Lipinski definition) is 6. The van der Waals surface area contributed by atoms with Gasteiger partial charge >= 0.3 is 5.97 Å². The Bertz CT molecular complexity index is 1370. The number of ketones is 1. The van der Waals surface area contributed by atoms with Gasteiger partial charge in [-0.2, -0.15) is 9.57 Å². The molecule has 1 aromatic heterocycles. The van der Waals surface area contributed by atoms with Gasteiger partial charge in [0.1, 0.15) is 10.7 Å². The molecule has 0 saturated heterocycles. The third kappa shape index (κ3) is 5.00. The Labute approximate surface area is 197 Å². The van der Waals surface area contributed by atoms with Crippen LogP contribution >= 0.6 is 0 Å². The molecule has 34 heavy (non-hydrogen) atoms. The summed E-state index contributed by atoms with van der Waals surface area (Å²) >= 11 is 0. The van der Waals surface area contributed by atoms with E-state index in [0.717, 1.165) is 28.0 Å². The van der Waals surface area contributed by atoms with Gasteiger partial charge in [-0.15, -0.1) is 0 Å². The summed E-state index contributed by atoms with van der Waals surface area (Å²) in [5, 5.41) is 9.53. The Balaban J connectivity index is 1.81. The summed E-state index contributed by atoms with van der Waals surface area (Å²) in [5.41, 5.74) is 0.929. The number of fused-ring (bicyclic) bond motifs is 1. The van der Waals surface area contributed by atoms with Crippen molar-refractivity contribution < 1.29 is 27.1 Å². The highest BCUT2D eigenvalue weighted by molar-refractivity contribution is 7.89. The molecule has 0 aliphatic heterocycles. The van der Waals surface area contributed by atoms with E-state index in [1.54, 1.807) is 36.7 Å². The molecular weight excluding hydrogens is 461 g/mol. The minimum atomic E-state index is -4.13. The maximum absolute atomic E-state index is 14.3. The predicted octanol–water partition coefficient (Wildman–Crippen LogP) is 3.76. The minimum absolute atomic E-state index is 0.142. The molecule has 0 aliphatic rings. The minimum Gasteiger partial charge on any atom is -0.454 e. The van der Waals surface area contributed by atoms with Crippen LogP contribution in [0.3, 0.4) is 0 Å². The van der Waals surface area contributed by atoms with Crippen molar-refractivity contribution in [3.63, 3.8) is 0 Å². The number of ether oxygens (including phenoxy) is 1. The number of aryl methyl sites for hydroxylation is 1. The standard InChI is InChI=1S/C24H24FN3O5S/c1-3-28(4-2)34(31,32)23-14-17(10-11-20(23)25)24(30)33-16-22(29)19-15-27(13-7-12-26)21-9-6-5-8-18(19)21/h5-6,8-11,14-15H,3-4,7,13,16H2,1-2H3. The van der Waals surface area contributed by atoms with E-state index in [0.29, 0.717) is 17.5 Å². The molecule has 0 aliphatic carbocycles. The van der Waals surface area contributed by atoms with Gasteiger partial charge in [0.25, 0.3) is 0 Å². The second-order valence-corrected chi connectivity index (χ2v) is 9.30. The Morgan fingerprint density at radius 3 is 2.53 bits per heavy atom. The van der Waals surface area contributed by atoms with Gasteiger partial charge in [-0.3, -0.25) is 4.79 Å². The van der Waals surface area contributed by atoms with E-state index in [4.69, 9.17) is 10.00 Å². The first-order valence-corrected chi connectivity index (χ1v) is 12.1. The average Bonchev–Trinajstić information content (AvgIpc) is 3.20. The number of nitriles is 1. The number of carbonyl (C=O) groups is 2. The Morgan fingerprint density at radius 2 is 1.85 bits per heavy atom. The second kappa shape index (κ2) is 10.6. The SMILES string of the molecule is CCN(CC)S(=O)(=O)c1cc(C(=O)OCC(=O)c2cn(CCC#N)c3ccccc23)ccc1F. The van der Waals surface area contributed by atoms with E-state index in [-0.39, 0.29) is 25.1 Å². The molecule has 10 heteroatoms. The van der Waals surface area contributed by atoms with Crippen LogP contribution in [0.5, 0.6) is 0 Å². The first-order valence-electron chi connectivity index (χ1n) is 10.7. The van der Waals surface area contributed by atoms with Crippen molar-refractivity contribution in [2.45, 2.75) is 31.7 Å². The molecule has 0 radical (unpaired) electrons. The highest BCUT2D eigenvalue weighted by Crippen LogP contribution is 2.23. The zero-order valence-electron chi connectivity index (χ0n) is 18.8. The smallest absolute Gasteiger partial charge is 0.338 e. The average molecular weight is 486 g/mol. The first-order chi connectivity index (χ1) is 16.2. The number of carbonyl (C=O) groups excluding carboxylic acids is 2. The normalized spacial score (nSPS) is 11.5. The highest BCUT2D eigenvalue weighted by Gasteiger charge is 2.27. The summed E-state index contributed by atoms with van der Waals surface area (Å²) in [5.74, 6) is -2.39. The highest BCUT2D eigenvalue weighted by atomic mass is 32.2. The van der Waals surface area contributed by atoms with Crippen molar-refractivity contribution in [2.75, 3.05) is 19.7 Å². The van der Waals surface area contributed by atoms with Gasteiger partial charge in [0.2, 0.25) is 15.8 Å². The van der Waals surface area contributed by atoms with Gasteiger partial charge in [-0.05, 0) is 24.3 Å². The molecule has 3 rings (SSSR count). The van der Waals surface area contributed by atoms with Gasteiger partial charge in [0, 0.05) is 42.3 Å². The molecule has 0 bridgehead atoms. The van der Waals surface area contributed by atoms with Crippen molar-refractivity contribution in [3.8, 4) is 6.07 Å². The van der Waals surface area contributed by atoms with Gasteiger partial charge in [0.05, 0.1) is 18.1 Å². The number of para-hydroxylation sites is 1. The lowest BCUT2D eigenvalue weighted by Gasteiger charge is -2.19. The van der Waals surface area contributed by atoms with Crippen LogP contribution in [0.2, 0.25) is 0 Å². The fraction of sp³-hybridized carbons (Fsp3) is 0.292. The number of rotatable bonds is 10. The van der Waals surface area contributed by atoms with Crippen molar-refractivity contribution in [1.82, 2.24) is 8.87 Å². The molecule has 0 N–H and O–H groups in total. The van der Waals surface area contributed by atoms with Crippen LogP contribution < -0.4 is 0 Å². The molecule has 0 fully saturated rings. The van der Waals surface area contributed by atoms with Crippen LogP contribution in [-0.2, 0) is 21.3 Å². The van der Waals surface area contributed by atoms with Crippen molar-refractivity contribution in [1.29, 1.82) is 5.26 Å². The molecule has 8 nitrogen and oxygen atoms in total. The predicted molar refractivity (Wildman–Crippen MR) is 123 cm³/mol. The molecular formula is C24H24FN3O5S. The van der Waals surface area contributed by atoms with E-state index in [9.17, 15) is 22.4 Å². The van der Waals surface area contributed by atoms with Gasteiger partial charge in [-0.1, -0.05) is 32.0 Å². The molecule has 0 atom stereocenters. The summed E-state index contributed by atoms with van der Waals surface area (Å²) in [4.78, 5) is 24.7. The van der Waals surface area contributed by atoms with Crippen LogP contribution in [0.1, 0.15) is 41.0 Å². The Morgan fingerprint density at radius 1 is 1.15 bits per heavy atom. The molecule has 0 unspecified atom stereocenters. The number of sulfonamides is 1. The number of esters is 1. The van der Waals surface area contributed by atoms with Crippen molar-refractivity contribution in [3.05, 3.63) is 65.6 Å². The third-order valence-electron chi connectivity index (χ3n) is 5.38. The van der Waals surface area contributed by atoms with Crippen LogP contribution in [-0.4, -0.2) is 48.7 Å². The summed E-state index contributed by atoms with van der Waals surface area (Å²) in [6, 6.07) is 12.2. The van der Waals surface area contributed by atoms with Gasteiger partial charge in [0.15, 0.2) is 6.61 Å². The summed E-state index contributed by atoms with van der Waals surface area (Å²) in [7, 11) is -4.13. The first kappa shape index (κ1) is 25.1. The van der Waals surface area contributed by atoms with Crippen molar-refractivity contribution >= 4 is 32.7 Å². The van der Waals surface area contributed by atoms with Gasteiger partial charge in [-0.25, -0.2) is 17.6 Å². The maximum atomic E-state index is 14.3. The Hall–Kier alpha value is -3.55. The lowest BCUT2D eigenvalue weighted by atomic mass is 10.1. The van der Waals surface area contributed by atoms with Crippen LogP contribution in [0, 0.1) is 17.1 Å². The zero-order chi connectivity index (χ0) is 24.9. The molecule has 3 aromatic rings. The van der Waals surface area contributed by atoms with Gasteiger partial charge < -0.3 is 9.30 Å². The van der Waals surface area contributed by atoms with Crippen molar-refractivity contribution in [2.24, 2.45) is 0 Å². The lowest BCUT2D eigenvalue weighted by molar-refractivity contribution is 0.0474. The monoisotopic (exact) mass is 485 g/mol. The van der Waals surface area contributed by atoms with E-state index in [2.05, 4.69) is 6.07 Å². The number of nitrogens with zero attached hydrogens (tertiary/aromatic N) is 3. The number of benzene rings is 2. The Kier molecular flexibility index (Phi) is 7.81. The maximum Gasteiger partial charge on any atom is 0.338 e. The molecule has 0 spiro atoms. The largest absolute Gasteiger partial charge is 0.454 e. The number of Topliss-reactive ketones (excluding diaryl/α,β-unsaturated/α-hetero) is 1. The molecule has 0 saturated carbocycles. The fourth-order valence-electron chi connectivity index (χ4n) is 3.65.